The first-order valence-electron chi connectivity index (χ1n) is 11.8. The molecule has 2 atom stereocenters. The number of ether oxygens (including phenoxy) is 1. The van der Waals surface area contributed by atoms with Gasteiger partial charge in [0.2, 0.25) is 0 Å². The number of aliphatic hydroxyl groups is 1. The standard InChI is InChI=1S/C25H27N2O8P/c1-5-15-16-9-14(35-36(31,32)34-13(3)4)7-8-20(16)26-22-17(15)11-27-21(22)10-19-18(23(27)28)12-33-24(29)25(19,30)6-2/h7-10,13,30H,5-6,11-12H2,1-4H3,(H,31,32)/t25-/m0/s1. The molecule has 2 aliphatic heterocycles. The number of hydrogen-bond acceptors (Lipinski definition) is 8. The largest absolute Gasteiger partial charge is 0.527 e. The summed E-state index contributed by atoms with van der Waals surface area (Å²) in [7, 11) is -4.30. The molecule has 0 bridgehead atoms. The number of nitrogens with zero attached hydrogens (tertiary/aromatic N) is 2. The second-order valence-electron chi connectivity index (χ2n) is 9.27. The van der Waals surface area contributed by atoms with Crippen molar-refractivity contribution < 1.29 is 33.1 Å². The van der Waals surface area contributed by atoms with Gasteiger partial charge in [0.15, 0.2) is 5.60 Å². The normalized spacial score (nSPS) is 20.0. The Kier molecular flexibility index (Phi) is 5.83. The topological polar surface area (TPSA) is 137 Å². The molecule has 0 amide bonds. The molecule has 1 aromatic carbocycles. The summed E-state index contributed by atoms with van der Waals surface area (Å²) >= 11 is 0. The summed E-state index contributed by atoms with van der Waals surface area (Å²) in [6.07, 6.45) is 0.177. The van der Waals surface area contributed by atoms with Gasteiger partial charge in [-0.1, -0.05) is 13.8 Å². The smallest absolute Gasteiger partial charge is 0.458 e. The molecule has 0 radical (unpaired) electrons. The molecule has 4 heterocycles. The van der Waals surface area contributed by atoms with Gasteiger partial charge in [-0.05, 0) is 56.5 Å². The van der Waals surface area contributed by atoms with Crippen molar-refractivity contribution in [3.63, 3.8) is 0 Å². The van der Waals surface area contributed by atoms with Crippen LogP contribution in [-0.4, -0.2) is 31.6 Å². The lowest BCUT2D eigenvalue weighted by Crippen LogP contribution is -2.44. The first-order valence-corrected chi connectivity index (χ1v) is 13.3. The minimum atomic E-state index is -4.30. The molecule has 0 aliphatic carbocycles. The highest BCUT2D eigenvalue weighted by molar-refractivity contribution is 7.47. The van der Waals surface area contributed by atoms with Crippen LogP contribution in [0, 0.1) is 0 Å². The Labute approximate surface area is 207 Å². The van der Waals surface area contributed by atoms with E-state index in [9.17, 15) is 24.2 Å². The number of phosphoric ester groups is 1. The number of fused-ring (bicyclic) bond motifs is 5. The fourth-order valence-corrected chi connectivity index (χ4v) is 5.98. The van der Waals surface area contributed by atoms with Gasteiger partial charge < -0.3 is 18.9 Å². The Morgan fingerprint density at radius 3 is 2.64 bits per heavy atom. The van der Waals surface area contributed by atoms with Crippen LogP contribution in [-0.2, 0) is 43.8 Å². The van der Waals surface area contributed by atoms with E-state index < -0.39 is 25.5 Å². The maximum absolute atomic E-state index is 13.4. The first-order chi connectivity index (χ1) is 17.0. The molecule has 0 fully saturated rings. The van der Waals surface area contributed by atoms with Crippen LogP contribution in [0.4, 0.5) is 0 Å². The van der Waals surface area contributed by atoms with E-state index in [2.05, 4.69) is 0 Å². The van der Waals surface area contributed by atoms with Crippen molar-refractivity contribution in [2.45, 2.75) is 65.4 Å². The quantitative estimate of drug-likeness (QED) is 0.292. The Bertz CT molecular complexity index is 1530. The molecule has 2 aromatic heterocycles. The third kappa shape index (κ3) is 3.76. The number of carbonyl (C=O) groups is 1. The van der Waals surface area contributed by atoms with Crippen molar-refractivity contribution in [2.75, 3.05) is 0 Å². The van der Waals surface area contributed by atoms with Crippen molar-refractivity contribution in [3.05, 3.63) is 56.9 Å². The van der Waals surface area contributed by atoms with E-state index in [1.54, 1.807) is 43.5 Å². The molecular formula is C25H27N2O8P. The number of esters is 1. The van der Waals surface area contributed by atoms with Crippen LogP contribution in [0.5, 0.6) is 5.75 Å². The molecule has 1 unspecified atom stereocenters. The average molecular weight is 514 g/mol. The van der Waals surface area contributed by atoms with Crippen molar-refractivity contribution in [3.8, 4) is 17.1 Å². The molecule has 190 valence electrons. The molecule has 0 spiro atoms. The fourth-order valence-electron chi connectivity index (χ4n) is 5.02. The summed E-state index contributed by atoms with van der Waals surface area (Å²) in [6.45, 7) is 6.98. The third-order valence-electron chi connectivity index (χ3n) is 6.70. The number of phosphoric acid groups is 1. The fraction of sp³-hybridized carbons (Fsp3) is 0.400. The molecule has 10 nitrogen and oxygen atoms in total. The van der Waals surface area contributed by atoms with Crippen LogP contribution in [0.25, 0.3) is 22.3 Å². The second-order valence-corrected chi connectivity index (χ2v) is 10.6. The summed E-state index contributed by atoms with van der Waals surface area (Å²) in [4.78, 5) is 40.6. The molecule has 3 aromatic rings. The summed E-state index contributed by atoms with van der Waals surface area (Å²) < 4.78 is 29.3. The van der Waals surface area contributed by atoms with Crippen LogP contribution in [0.3, 0.4) is 0 Å². The number of aryl methyl sites for hydroxylation is 1. The van der Waals surface area contributed by atoms with Gasteiger partial charge in [-0.15, -0.1) is 0 Å². The molecule has 36 heavy (non-hydrogen) atoms. The van der Waals surface area contributed by atoms with Crippen molar-refractivity contribution >= 4 is 24.7 Å². The maximum atomic E-state index is 13.4. The number of pyridine rings is 2. The molecule has 0 saturated carbocycles. The van der Waals surface area contributed by atoms with E-state index in [1.807, 2.05) is 6.92 Å². The Hall–Kier alpha value is -3.04. The highest BCUT2D eigenvalue weighted by atomic mass is 31.2. The van der Waals surface area contributed by atoms with Gasteiger partial charge in [-0.2, -0.15) is 0 Å². The van der Waals surface area contributed by atoms with E-state index in [4.69, 9.17) is 18.8 Å². The van der Waals surface area contributed by atoms with Gasteiger partial charge in [0.25, 0.3) is 5.56 Å². The Morgan fingerprint density at radius 1 is 1.22 bits per heavy atom. The SMILES string of the molecule is CCc1c2c(nc3ccc(OP(=O)(O)OC(C)C)cc13)-c1cc3c(c(=O)n1C2)COC(=O)[C@]3(O)CC. The highest BCUT2D eigenvalue weighted by Gasteiger charge is 2.45. The number of carbonyl (C=O) groups excluding carboxylic acids is 1. The van der Waals surface area contributed by atoms with E-state index >= 15 is 0 Å². The van der Waals surface area contributed by atoms with Crippen LogP contribution in [0.1, 0.15) is 56.4 Å². The molecule has 0 saturated heterocycles. The second kappa shape index (κ2) is 8.52. The summed E-state index contributed by atoms with van der Waals surface area (Å²) in [5, 5.41) is 11.8. The molecule has 11 heteroatoms. The van der Waals surface area contributed by atoms with Crippen molar-refractivity contribution in [2.24, 2.45) is 0 Å². The zero-order valence-electron chi connectivity index (χ0n) is 20.4. The Morgan fingerprint density at radius 2 is 1.97 bits per heavy atom. The van der Waals surface area contributed by atoms with Gasteiger partial charge in [0.05, 0.1) is 35.1 Å². The van der Waals surface area contributed by atoms with Crippen LogP contribution in [0.2, 0.25) is 0 Å². The first kappa shape index (κ1) is 24.6. The monoisotopic (exact) mass is 514 g/mol. The summed E-state index contributed by atoms with van der Waals surface area (Å²) in [6, 6.07) is 6.54. The number of rotatable bonds is 6. The third-order valence-corrected chi connectivity index (χ3v) is 7.83. The molecule has 5 rings (SSSR count). The number of aromatic nitrogens is 2. The van der Waals surface area contributed by atoms with Gasteiger partial charge in [-0.3, -0.25) is 14.2 Å². The molecule has 2 N–H and O–H groups in total. The van der Waals surface area contributed by atoms with Crippen LogP contribution < -0.4 is 10.1 Å². The van der Waals surface area contributed by atoms with Crippen molar-refractivity contribution in [1.82, 2.24) is 9.55 Å². The predicted molar refractivity (Wildman–Crippen MR) is 131 cm³/mol. The van der Waals surface area contributed by atoms with Gasteiger partial charge in [-0.25, -0.2) is 14.3 Å². The highest BCUT2D eigenvalue weighted by Crippen LogP contribution is 2.46. The minimum absolute atomic E-state index is 0.0674. The zero-order valence-corrected chi connectivity index (χ0v) is 21.3. The Balaban J connectivity index is 1.66. The lowest BCUT2D eigenvalue weighted by molar-refractivity contribution is -0.172. The number of cyclic esters (lactones) is 1. The number of benzene rings is 1. The predicted octanol–water partition coefficient (Wildman–Crippen LogP) is 3.55. The minimum Gasteiger partial charge on any atom is -0.458 e. The van der Waals surface area contributed by atoms with Gasteiger partial charge >= 0.3 is 13.8 Å². The summed E-state index contributed by atoms with van der Waals surface area (Å²) in [5.41, 5.74) is 1.78. The maximum Gasteiger partial charge on any atom is 0.527 e. The molecular weight excluding hydrogens is 487 g/mol. The lowest BCUT2D eigenvalue weighted by Gasteiger charge is -2.31. The van der Waals surface area contributed by atoms with E-state index in [0.717, 1.165) is 16.5 Å². The van der Waals surface area contributed by atoms with Crippen LogP contribution in [0.15, 0.2) is 29.1 Å². The number of hydrogen-bond donors (Lipinski definition) is 2. The zero-order chi connectivity index (χ0) is 26.0. The van der Waals surface area contributed by atoms with Crippen LogP contribution >= 0.6 is 7.82 Å². The average Bonchev–Trinajstić information content (AvgIpc) is 3.17. The van der Waals surface area contributed by atoms with Gasteiger partial charge in [0.1, 0.15) is 12.4 Å². The summed E-state index contributed by atoms with van der Waals surface area (Å²) in [5.74, 6) is -0.604. The van der Waals surface area contributed by atoms with E-state index in [0.29, 0.717) is 23.3 Å². The van der Waals surface area contributed by atoms with E-state index in [-0.39, 0.29) is 42.0 Å². The van der Waals surface area contributed by atoms with E-state index in [1.165, 1.54) is 6.07 Å². The molecule has 2 aliphatic rings. The van der Waals surface area contributed by atoms with Crippen molar-refractivity contribution in [1.29, 1.82) is 0 Å². The lowest BCUT2D eigenvalue weighted by atomic mass is 9.86. The van der Waals surface area contributed by atoms with Gasteiger partial charge in [0, 0.05) is 16.5 Å².